The fourth-order valence-corrected chi connectivity index (χ4v) is 3.02. The van der Waals surface area contributed by atoms with E-state index in [0.717, 1.165) is 13.1 Å². The smallest absolute Gasteiger partial charge is 0.317 e. The summed E-state index contributed by atoms with van der Waals surface area (Å²) < 4.78 is 0. The molecule has 100 valence electrons. The summed E-state index contributed by atoms with van der Waals surface area (Å²) in [6, 6.07) is 6.67. The lowest BCUT2D eigenvalue weighted by Gasteiger charge is -2.38. The van der Waals surface area contributed by atoms with Crippen molar-refractivity contribution in [3.8, 4) is 0 Å². The molecule has 2 fully saturated rings. The number of carbonyl (C=O) groups excluding carboxylic acids is 2. The van der Waals surface area contributed by atoms with Gasteiger partial charge in [-0.2, -0.15) is 0 Å². The topological polar surface area (TPSA) is 61.4 Å². The Morgan fingerprint density at radius 2 is 1.95 bits per heavy atom. The Kier molecular flexibility index (Phi) is 2.95. The maximum Gasteiger partial charge on any atom is 0.329 e. The Labute approximate surface area is 115 Å². The van der Waals surface area contributed by atoms with Gasteiger partial charge in [-0.25, -0.2) is 4.79 Å². The van der Waals surface area contributed by atoms with Gasteiger partial charge in [0.1, 0.15) is 5.54 Å². The number of nitrogens with zero attached hydrogens (tertiary/aromatic N) is 1. The highest BCUT2D eigenvalue weighted by molar-refractivity contribution is 6.31. The lowest BCUT2D eigenvalue weighted by Crippen LogP contribution is -2.56. The zero-order valence-corrected chi connectivity index (χ0v) is 11.0. The first-order valence-electron chi connectivity index (χ1n) is 6.25. The van der Waals surface area contributed by atoms with Gasteiger partial charge in [0.2, 0.25) is 0 Å². The number of hydrogen-bond donors (Lipinski definition) is 2. The second-order valence-corrected chi connectivity index (χ2v) is 5.29. The van der Waals surface area contributed by atoms with Crippen molar-refractivity contribution >= 4 is 29.2 Å². The molecule has 0 saturated carbocycles. The second-order valence-electron chi connectivity index (χ2n) is 4.86. The van der Waals surface area contributed by atoms with Crippen molar-refractivity contribution in [3.05, 3.63) is 29.3 Å². The number of amides is 3. The number of hydrogen-bond acceptors (Lipinski definition) is 3. The normalized spacial score (nSPS) is 21.8. The van der Waals surface area contributed by atoms with E-state index in [-0.39, 0.29) is 11.9 Å². The summed E-state index contributed by atoms with van der Waals surface area (Å²) in [4.78, 5) is 25.9. The van der Waals surface area contributed by atoms with Crippen LogP contribution in [0.25, 0.3) is 0 Å². The van der Waals surface area contributed by atoms with Gasteiger partial charge in [0.05, 0.1) is 0 Å². The second kappa shape index (κ2) is 4.51. The van der Waals surface area contributed by atoms with Gasteiger partial charge in [-0.05, 0) is 44.1 Å². The predicted octanol–water partition coefficient (Wildman–Crippen LogP) is 1.52. The van der Waals surface area contributed by atoms with E-state index in [2.05, 4.69) is 10.6 Å². The molecule has 0 aromatic heterocycles. The van der Waals surface area contributed by atoms with E-state index in [4.69, 9.17) is 11.6 Å². The van der Waals surface area contributed by atoms with Gasteiger partial charge in [0.15, 0.2) is 0 Å². The summed E-state index contributed by atoms with van der Waals surface area (Å²) in [5.74, 6) is -0.209. The lowest BCUT2D eigenvalue weighted by atomic mass is 9.86. The zero-order chi connectivity index (χ0) is 13.5. The van der Waals surface area contributed by atoms with Crippen LogP contribution in [0.1, 0.15) is 12.8 Å². The highest BCUT2D eigenvalue weighted by atomic mass is 35.5. The molecule has 2 N–H and O–H groups in total. The van der Waals surface area contributed by atoms with E-state index in [1.165, 1.54) is 0 Å². The van der Waals surface area contributed by atoms with Crippen molar-refractivity contribution in [1.82, 2.24) is 10.6 Å². The number of urea groups is 1. The number of carbonyl (C=O) groups is 2. The number of halogens is 1. The molecule has 3 amide bonds. The van der Waals surface area contributed by atoms with Crippen LogP contribution in [0.15, 0.2) is 24.3 Å². The molecule has 3 rings (SSSR count). The van der Waals surface area contributed by atoms with E-state index < -0.39 is 5.54 Å². The SMILES string of the molecule is O=C1NC(=O)C2(CCNCC2)N1c1cccc(Cl)c1. The van der Waals surface area contributed by atoms with Crippen molar-refractivity contribution < 1.29 is 9.59 Å². The third-order valence-corrected chi connectivity index (χ3v) is 4.01. The quantitative estimate of drug-likeness (QED) is 0.766. The van der Waals surface area contributed by atoms with Crippen LogP contribution in [-0.4, -0.2) is 30.6 Å². The molecule has 2 saturated heterocycles. The first-order chi connectivity index (χ1) is 9.13. The minimum atomic E-state index is -0.771. The molecular formula is C13H14ClN3O2. The summed E-state index contributed by atoms with van der Waals surface area (Å²) >= 11 is 5.98. The number of imide groups is 1. The third-order valence-electron chi connectivity index (χ3n) is 3.77. The first kappa shape index (κ1) is 12.4. The van der Waals surface area contributed by atoms with Crippen LogP contribution in [0.5, 0.6) is 0 Å². The molecule has 1 aromatic carbocycles. The molecule has 0 unspecified atom stereocenters. The summed E-state index contributed by atoms with van der Waals surface area (Å²) in [7, 11) is 0. The summed E-state index contributed by atoms with van der Waals surface area (Å²) in [5, 5.41) is 6.18. The largest absolute Gasteiger partial charge is 0.329 e. The summed E-state index contributed by atoms with van der Waals surface area (Å²) in [5.41, 5.74) is -0.106. The molecule has 2 aliphatic heterocycles. The average molecular weight is 280 g/mol. The summed E-state index contributed by atoms with van der Waals surface area (Å²) in [6.07, 6.45) is 1.22. The van der Waals surface area contributed by atoms with Gasteiger partial charge >= 0.3 is 6.03 Å². The average Bonchev–Trinajstić information content (AvgIpc) is 2.62. The van der Waals surface area contributed by atoms with E-state index in [1.54, 1.807) is 29.2 Å². The molecule has 0 radical (unpaired) electrons. The van der Waals surface area contributed by atoms with E-state index in [1.807, 2.05) is 0 Å². The summed E-state index contributed by atoms with van der Waals surface area (Å²) in [6.45, 7) is 1.44. The van der Waals surface area contributed by atoms with Crippen molar-refractivity contribution in [2.45, 2.75) is 18.4 Å². The Balaban J connectivity index is 2.06. The number of anilines is 1. The molecule has 6 heteroatoms. The molecule has 5 nitrogen and oxygen atoms in total. The van der Waals surface area contributed by atoms with Crippen molar-refractivity contribution in [1.29, 1.82) is 0 Å². The highest BCUT2D eigenvalue weighted by Gasteiger charge is 2.53. The van der Waals surface area contributed by atoms with Crippen LogP contribution in [-0.2, 0) is 4.79 Å². The van der Waals surface area contributed by atoms with Gasteiger partial charge < -0.3 is 5.32 Å². The third kappa shape index (κ3) is 1.89. The highest BCUT2D eigenvalue weighted by Crippen LogP contribution is 2.36. The van der Waals surface area contributed by atoms with Crippen LogP contribution >= 0.6 is 11.6 Å². The van der Waals surface area contributed by atoms with Gasteiger partial charge in [-0.3, -0.25) is 15.0 Å². The van der Waals surface area contributed by atoms with E-state index in [0.29, 0.717) is 23.6 Å². The Hall–Kier alpha value is -1.59. The van der Waals surface area contributed by atoms with Crippen molar-refractivity contribution in [2.24, 2.45) is 0 Å². The number of benzene rings is 1. The molecule has 1 spiro atoms. The predicted molar refractivity (Wildman–Crippen MR) is 72.3 cm³/mol. The Morgan fingerprint density at radius 3 is 2.63 bits per heavy atom. The van der Waals surface area contributed by atoms with Crippen molar-refractivity contribution in [2.75, 3.05) is 18.0 Å². The van der Waals surface area contributed by atoms with E-state index >= 15 is 0 Å². The van der Waals surface area contributed by atoms with Gasteiger partial charge in [0.25, 0.3) is 5.91 Å². The number of rotatable bonds is 1. The van der Waals surface area contributed by atoms with Gasteiger partial charge in [-0.1, -0.05) is 17.7 Å². The first-order valence-corrected chi connectivity index (χ1v) is 6.63. The zero-order valence-electron chi connectivity index (χ0n) is 10.3. The standard InChI is InChI=1S/C13H14ClN3O2/c14-9-2-1-3-10(8-9)17-12(19)16-11(18)13(17)4-6-15-7-5-13/h1-3,8,15H,4-7H2,(H,16,18,19). The molecule has 0 atom stereocenters. The Bertz CT molecular complexity index is 540. The van der Waals surface area contributed by atoms with Crippen LogP contribution in [0.3, 0.4) is 0 Å². The van der Waals surface area contributed by atoms with Crippen molar-refractivity contribution in [3.63, 3.8) is 0 Å². The van der Waals surface area contributed by atoms with Gasteiger partial charge in [-0.15, -0.1) is 0 Å². The fourth-order valence-electron chi connectivity index (χ4n) is 2.84. The van der Waals surface area contributed by atoms with Crippen LogP contribution in [0.4, 0.5) is 10.5 Å². The molecule has 0 bridgehead atoms. The fraction of sp³-hybridized carbons (Fsp3) is 0.385. The van der Waals surface area contributed by atoms with E-state index in [9.17, 15) is 9.59 Å². The monoisotopic (exact) mass is 279 g/mol. The maximum absolute atomic E-state index is 12.2. The molecular weight excluding hydrogens is 266 g/mol. The number of piperidine rings is 1. The lowest BCUT2D eigenvalue weighted by molar-refractivity contribution is -0.124. The van der Waals surface area contributed by atoms with Crippen LogP contribution in [0.2, 0.25) is 5.02 Å². The van der Waals surface area contributed by atoms with Gasteiger partial charge in [0, 0.05) is 10.7 Å². The molecule has 19 heavy (non-hydrogen) atoms. The Morgan fingerprint density at radius 1 is 1.21 bits per heavy atom. The molecule has 0 aliphatic carbocycles. The minimum absolute atomic E-state index is 0.209. The van der Waals surface area contributed by atoms with Crippen LogP contribution in [0, 0.1) is 0 Å². The molecule has 2 aliphatic rings. The van der Waals surface area contributed by atoms with Crippen LogP contribution < -0.4 is 15.5 Å². The molecule has 2 heterocycles. The molecule has 1 aromatic rings. The maximum atomic E-state index is 12.2. The number of nitrogens with one attached hydrogen (secondary N) is 2. The minimum Gasteiger partial charge on any atom is -0.317 e.